The highest BCUT2D eigenvalue weighted by atomic mass is 79.9. The topological polar surface area (TPSA) is 106 Å². The van der Waals surface area contributed by atoms with Gasteiger partial charge in [0, 0.05) is 10.0 Å². The number of carboxylic acid groups (broad SMARTS) is 1. The molecule has 0 radical (unpaired) electrons. The first kappa shape index (κ1) is 24.2. The van der Waals surface area contributed by atoms with Gasteiger partial charge in [0.2, 0.25) is 0 Å². The fourth-order valence-electron chi connectivity index (χ4n) is 2.87. The number of amides is 1. The van der Waals surface area contributed by atoms with Gasteiger partial charge in [-0.2, -0.15) is 5.10 Å². The number of nitrogens with zero attached hydrogens (tertiary/aromatic N) is 1. The summed E-state index contributed by atoms with van der Waals surface area (Å²) in [6, 6.07) is 6.92. The summed E-state index contributed by atoms with van der Waals surface area (Å²) in [6.07, 6.45) is 1.23. The van der Waals surface area contributed by atoms with Crippen LogP contribution in [-0.2, 0) is 4.79 Å². The Morgan fingerprint density at radius 3 is 2.48 bits per heavy atom. The zero-order chi connectivity index (χ0) is 23.1. The van der Waals surface area contributed by atoms with Crippen molar-refractivity contribution in [3.8, 4) is 17.2 Å². The standard InChI is InChI=1S/C22H25BrN2O6/c1-12(2)15-9-16(23)13(3)8-18(15)31-11-19(26)25-24-10-14-6-7-17(29-4)21(30-5)20(14)22(27)28/h6-10,12H,11H2,1-5H3,(H,25,26)(H,27,28)/b24-10-. The minimum absolute atomic E-state index is 0.0698. The Morgan fingerprint density at radius 1 is 1.19 bits per heavy atom. The lowest BCUT2D eigenvalue weighted by Crippen LogP contribution is -2.25. The second-order valence-electron chi connectivity index (χ2n) is 6.95. The molecule has 31 heavy (non-hydrogen) atoms. The second-order valence-corrected chi connectivity index (χ2v) is 7.80. The van der Waals surface area contributed by atoms with Crippen molar-refractivity contribution in [3.63, 3.8) is 0 Å². The highest BCUT2D eigenvalue weighted by Gasteiger charge is 2.20. The molecular weight excluding hydrogens is 468 g/mol. The quantitative estimate of drug-likeness (QED) is 0.402. The van der Waals surface area contributed by atoms with Crippen molar-refractivity contribution in [3.05, 3.63) is 51.0 Å². The fourth-order valence-corrected chi connectivity index (χ4v) is 3.23. The summed E-state index contributed by atoms with van der Waals surface area (Å²) in [7, 11) is 2.76. The molecule has 2 aromatic rings. The summed E-state index contributed by atoms with van der Waals surface area (Å²) in [4.78, 5) is 23.8. The van der Waals surface area contributed by atoms with Crippen LogP contribution in [0.1, 0.15) is 46.8 Å². The number of hydrogen-bond donors (Lipinski definition) is 2. The van der Waals surface area contributed by atoms with Gasteiger partial charge in [-0.1, -0.05) is 29.8 Å². The molecule has 0 saturated carbocycles. The second kappa shape index (κ2) is 10.8. The van der Waals surface area contributed by atoms with Gasteiger partial charge in [0.25, 0.3) is 5.91 Å². The molecule has 0 atom stereocenters. The fraction of sp³-hybridized carbons (Fsp3) is 0.318. The molecular formula is C22H25BrN2O6. The van der Waals surface area contributed by atoms with Crippen molar-refractivity contribution in [1.29, 1.82) is 0 Å². The lowest BCUT2D eigenvalue weighted by Gasteiger charge is -2.15. The van der Waals surface area contributed by atoms with E-state index in [1.54, 1.807) is 6.07 Å². The third-order valence-electron chi connectivity index (χ3n) is 4.46. The van der Waals surface area contributed by atoms with Crippen molar-refractivity contribution >= 4 is 34.0 Å². The van der Waals surface area contributed by atoms with Gasteiger partial charge in [-0.05, 0) is 48.2 Å². The Kier molecular flexibility index (Phi) is 8.44. The monoisotopic (exact) mass is 492 g/mol. The number of hydrazone groups is 1. The molecule has 0 unspecified atom stereocenters. The maximum atomic E-state index is 12.2. The average Bonchev–Trinajstić information content (AvgIpc) is 2.73. The van der Waals surface area contributed by atoms with Gasteiger partial charge in [0.1, 0.15) is 11.3 Å². The molecule has 0 saturated heterocycles. The Labute approximate surface area is 189 Å². The number of carbonyl (C=O) groups is 2. The number of aromatic carboxylic acids is 1. The minimum Gasteiger partial charge on any atom is -0.493 e. The van der Waals surface area contributed by atoms with Gasteiger partial charge < -0.3 is 19.3 Å². The van der Waals surface area contributed by atoms with Crippen molar-refractivity contribution in [2.75, 3.05) is 20.8 Å². The Balaban J connectivity index is 2.11. The van der Waals surface area contributed by atoms with Crippen molar-refractivity contribution in [2.24, 2.45) is 5.10 Å². The van der Waals surface area contributed by atoms with Crippen LogP contribution in [0.25, 0.3) is 0 Å². The van der Waals surface area contributed by atoms with Crippen molar-refractivity contribution in [2.45, 2.75) is 26.7 Å². The summed E-state index contributed by atoms with van der Waals surface area (Å²) in [5.41, 5.74) is 4.43. The van der Waals surface area contributed by atoms with E-state index >= 15 is 0 Å². The first-order valence-corrected chi connectivity index (χ1v) is 10.2. The van der Waals surface area contributed by atoms with Crippen LogP contribution < -0.4 is 19.6 Å². The van der Waals surface area contributed by atoms with E-state index in [0.29, 0.717) is 5.75 Å². The molecule has 9 heteroatoms. The number of nitrogens with one attached hydrogen (secondary N) is 1. The summed E-state index contributed by atoms with van der Waals surface area (Å²) < 4.78 is 16.9. The molecule has 1 amide bonds. The zero-order valence-electron chi connectivity index (χ0n) is 18.0. The van der Waals surface area contributed by atoms with Gasteiger partial charge in [0.05, 0.1) is 20.4 Å². The van der Waals surface area contributed by atoms with Gasteiger partial charge in [-0.25, -0.2) is 10.2 Å². The Hall–Kier alpha value is -3.07. The number of benzene rings is 2. The van der Waals surface area contributed by atoms with Crippen LogP contribution in [0.4, 0.5) is 0 Å². The largest absolute Gasteiger partial charge is 0.493 e. The van der Waals surface area contributed by atoms with E-state index in [2.05, 4.69) is 26.5 Å². The van der Waals surface area contributed by atoms with Gasteiger partial charge in [-0.3, -0.25) is 4.79 Å². The Bertz CT molecular complexity index is 1000. The predicted octanol–water partition coefficient (Wildman–Crippen LogP) is 4.13. The number of aryl methyl sites for hydroxylation is 1. The molecule has 0 aliphatic heterocycles. The number of methoxy groups -OCH3 is 2. The lowest BCUT2D eigenvalue weighted by atomic mass is 10.0. The first-order chi connectivity index (χ1) is 14.7. The van der Waals surface area contributed by atoms with Crippen LogP contribution in [0.3, 0.4) is 0 Å². The van der Waals surface area contributed by atoms with Crippen LogP contribution in [-0.4, -0.2) is 44.0 Å². The Morgan fingerprint density at radius 2 is 1.90 bits per heavy atom. The van der Waals surface area contributed by atoms with Gasteiger partial charge >= 0.3 is 5.97 Å². The third-order valence-corrected chi connectivity index (χ3v) is 5.31. The van der Waals surface area contributed by atoms with Gasteiger partial charge in [0.15, 0.2) is 18.1 Å². The molecule has 0 aliphatic rings. The molecule has 8 nitrogen and oxygen atoms in total. The van der Waals surface area contributed by atoms with Crippen LogP contribution in [0.5, 0.6) is 17.2 Å². The zero-order valence-corrected chi connectivity index (χ0v) is 19.6. The number of rotatable bonds is 9. The molecule has 2 N–H and O–H groups in total. The number of carboxylic acids is 1. The number of ether oxygens (including phenoxy) is 3. The third kappa shape index (κ3) is 5.97. The smallest absolute Gasteiger partial charge is 0.340 e. The molecule has 0 aromatic heterocycles. The number of halogens is 1. The normalized spacial score (nSPS) is 10.9. The van der Waals surface area contributed by atoms with Gasteiger partial charge in [-0.15, -0.1) is 0 Å². The highest BCUT2D eigenvalue weighted by molar-refractivity contribution is 9.10. The van der Waals surface area contributed by atoms with Crippen molar-refractivity contribution < 1.29 is 28.9 Å². The molecule has 0 aliphatic carbocycles. The maximum Gasteiger partial charge on any atom is 0.340 e. The van der Waals surface area contributed by atoms with E-state index in [1.165, 1.54) is 26.5 Å². The molecule has 0 spiro atoms. The highest BCUT2D eigenvalue weighted by Crippen LogP contribution is 2.33. The van der Waals surface area contributed by atoms with E-state index < -0.39 is 11.9 Å². The molecule has 0 fully saturated rings. The van der Waals surface area contributed by atoms with E-state index in [9.17, 15) is 14.7 Å². The molecule has 0 heterocycles. The number of hydrogen-bond acceptors (Lipinski definition) is 6. The lowest BCUT2D eigenvalue weighted by molar-refractivity contribution is -0.123. The molecule has 166 valence electrons. The van der Waals surface area contributed by atoms with E-state index in [-0.39, 0.29) is 35.2 Å². The van der Waals surface area contributed by atoms with Crippen LogP contribution in [0.2, 0.25) is 0 Å². The van der Waals surface area contributed by atoms with Crippen LogP contribution >= 0.6 is 15.9 Å². The summed E-state index contributed by atoms with van der Waals surface area (Å²) in [6.45, 7) is 5.78. The summed E-state index contributed by atoms with van der Waals surface area (Å²) in [5, 5.41) is 13.4. The maximum absolute atomic E-state index is 12.2. The van der Waals surface area contributed by atoms with Crippen LogP contribution in [0.15, 0.2) is 33.8 Å². The summed E-state index contributed by atoms with van der Waals surface area (Å²) >= 11 is 3.51. The van der Waals surface area contributed by atoms with Crippen LogP contribution in [0, 0.1) is 6.92 Å². The molecule has 2 rings (SSSR count). The minimum atomic E-state index is -1.21. The SMILES string of the molecule is COc1ccc(/C=N\NC(=O)COc2cc(C)c(Br)cc2C(C)C)c(C(=O)O)c1OC. The molecule has 2 aromatic carbocycles. The number of carbonyl (C=O) groups excluding carboxylic acids is 1. The summed E-state index contributed by atoms with van der Waals surface area (Å²) in [5.74, 6) is -0.501. The van der Waals surface area contributed by atoms with E-state index in [1.807, 2.05) is 32.9 Å². The molecule has 0 bridgehead atoms. The van der Waals surface area contributed by atoms with E-state index in [0.717, 1.165) is 15.6 Å². The predicted molar refractivity (Wildman–Crippen MR) is 121 cm³/mol. The average molecular weight is 493 g/mol. The van der Waals surface area contributed by atoms with Crippen molar-refractivity contribution in [1.82, 2.24) is 5.43 Å². The van der Waals surface area contributed by atoms with E-state index in [4.69, 9.17) is 14.2 Å². The first-order valence-electron chi connectivity index (χ1n) is 9.42.